The minimum atomic E-state index is -0.210. The molecule has 0 unspecified atom stereocenters. The predicted molar refractivity (Wildman–Crippen MR) is 107 cm³/mol. The van der Waals surface area contributed by atoms with Crippen molar-refractivity contribution >= 4 is 11.9 Å². The summed E-state index contributed by atoms with van der Waals surface area (Å²) >= 11 is 0. The highest BCUT2D eigenvalue weighted by Crippen LogP contribution is 2.22. The summed E-state index contributed by atoms with van der Waals surface area (Å²) in [5.41, 5.74) is 3.49. The topological polar surface area (TPSA) is 85.2 Å². The number of anilines is 1. The van der Waals surface area contributed by atoms with Gasteiger partial charge in [0.15, 0.2) is 0 Å². The van der Waals surface area contributed by atoms with Gasteiger partial charge in [-0.1, -0.05) is 59.7 Å². The number of nitrogens with zero attached hydrogens (tertiary/aromatic N) is 5. The van der Waals surface area contributed by atoms with Crippen LogP contribution < -0.4 is 10.2 Å². The first-order chi connectivity index (χ1) is 14.3. The fourth-order valence-electron chi connectivity index (χ4n) is 3.93. The summed E-state index contributed by atoms with van der Waals surface area (Å²) in [5, 5.41) is 15.4. The number of rotatable bonds is 4. The number of carbonyl (C=O) groups excluding carboxylic acids is 1. The van der Waals surface area contributed by atoms with Gasteiger partial charge in [-0.15, -0.1) is 0 Å². The quantitative estimate of drug-likeness (QED) is 0.724. The van der Waals surface area contributed by atoms with Gasteiger partial charge in [0.05, 0.1) is 31.7 Å². The lowest BCUT2D eigenvalue weighted by Crippen LogP contribution is -2.43. The third-order valence-corrected chi connectivity index (χ3v) is 5.43. The van der Waals surface area contributed by atoms with Gasteiger partial charge in [0.1, 0.15) is 0 Å². The Morgan fingerprint density at radius 2 is 1.79 bits per heavy atom. The van der Waals surface area contributed by atoms with Gasteiger partial charge in [-0.3, -0.25) is 4.79 Å². The van der Waals surface area contributed by atoms with Crippen LogP contribution in [-0.4, -0.2) is 58.5 Å². The zero-order valence-corrected chi connectivity index (χ0v) is 15.9. The Bertz CT molecular complexity index is 988. The summed E-state index contributed by atoms with van der Waals surface area (Å²) < 4.78 is 7.40. The zero-order valence-electron chi connectivity index (χ0n) is 15.9. The van der Waals surface area contributed by atoms with Crippen LogP contribution in [0.2, 0.25) is 0 Å². The Morgan fingerprint density at radius 1 is 1.00 bits per heavy atom. The Hall–Kier alpha value is -3.26. The van der Waals surface area contributed by atoms with E-state index in [9.17, 15) is 4.79 Å². The average molecular weight is 390 g/mol. The monoisotopic (exact) mass is 390 g/mol. The number of amides is 1. The fraction of sp³-hybridized carbons (Fsp3) is 0.333. The molecule has 2 atom stereocenters. The minimum absolute atomic E-state index is 0.0468. The molecule has 5 rings (SSSR count). The van der Waals surface area contributed by atoms with E-state index in [1.807, 2.05) is 18.2 Å². The van der Waals surface area contributed by atoms with E-state index in [-0.39, 0.29) is 17.9 Å². The Labute approximate surface area is 168 Å². The van der Waals surface area contributed by atoms with Crippen molar-refractivity contribution in [1.82, 2.24) is 25.5 Å². The van der Waals surface area contributed by atoms with Crippen molar-refractivity contribution in [3.05, 3.63) is 60.2 Å². The van der Waals surface area contributed by atoms with E-state index in [1.54, 1.807) is 4.68 Å². The summed E-state index contributed by atoms with van der Waals surface area (Å²) in [6, 6.07) is 18.7. The number of hydrogen-bond donors (Lipinski definition) is 1. The molecule has 29 heavy (non-hydrogen) atoms. The van der Waals surface area contributed by atoms with E-state index in [4.69, 9.17) is 4.74 Å². The first kappa shape index (κ1) is 17.8. The number of nitrogens with one attached hydrogen (secondary N) is 1. The SMILES string of the molecule is O=C1N[C@@H]2COC[C@H]1CN(c1nnnn1Cc1ccc(-c3ccccc3)cc1)C2. The molecule has 1 amide bonds. The van der Waals surface area contributed by atoms with Gasteiger partial charge in [0, 0.05) is 13.1 Å². The van der Waals surface area contributed by atoms with Crippen molar-refractivity contribution in [1.29, 1.82) is 0 Å². The number of hydrogen-bond acceptors (Lipinski definition) is 6. The second-order valence-corrected chi connectivity index (χ2v) is 7.54. The molecule has 8 nitrogen and oxygen atoms in total. The van der Waals surface area contributed by atoms with Crippen LogP contribution in [0.4, 0.5) is 5.95 Å². The first-order valence-electron chi connectivity index (χ1n) is 9.80. The molecule has 1 aromatic heterocycles. The molecule has 2 aliphatic heterocycles. The van der Waals surface area contributed by atoms with Gasteiger partial charge in [-0.25, -0.2) is 4.68 Å². The molecule has 0 spiro atoms. The van der Waals surface area contributed by atoms with Gasteiger partial charge >= 0.3 is 0 Å². The Kier molecular flexibility index (Phi) is 4.69. The Morgan fingerprint density at radius 3 is 2.62 bits per heavy atom. The van der Waals surface area contributed by atoms with Crippen LogP contribution in [0.1, 0.15) is 5.56 Å². The number of fused-ring (bicyclic) bond motifs is 3. The third kappa shape index (κ3) is 3.71. The molecule has 1 N–H and O–H groups in total. The lowest BCUT2D eigenvalue weighted by Gasteiger charge is -2.27. The molecule has 2 saturated heterocycles. The van der Waals surface area contributed by atoms with Crippen molar-refractivity contribution in [2.45, 2.75) is 12.6 Å². The van der Waals surface area contributed by atoms with Gasteiger partial charge in [0.2, 0.25) is 11.9 Å². The lowest BCUT2D eigenvalue weighted by molar-refractivity contribution is -0.124. The number of aromatic nitrogens is 4. The molecular weight excluding hydrogens is 368 g/mol. The highest BCUT2D eigenvalue weighted by Gasteiger charge is 2.35. The van der Waals surface area contributed by atoms with Crippen LogP contribution in [0, 0.1) is 5.92 Å². The van der Waals surface area contributed by atoms with Crippen LogP contribution in [0.3, 0.4) is 0 Å². The smallest absolute Gasteiger partial charge is 0.245 e. The largest absolute Gasteiger partial charge is 0.378 e. The molecular formula is C21H22N6O2. The van der Waals surface area contributed by atoms with Gasteiger partial charge in [-0.05, 0) is 27.1 Å². The van der Waals surface area contributed by atoms with E-state index in [1.165, 1.54) is 11.1 Å². The second-order valence-electron chi connectivity index (χ2n) is 7.54. The molecule has 148 valence electrons. The molecule has 2 bridgehead atoms. The maximum absolute atomic E-state index is 12.3. The van der Waals surface area contributed by atoms with Crippen LogP contribution in [-0.2, 0) is 16.1 Å². The summed E-state index contributed by atoms with van der Waals surface area (Å²) in [6.45, 7) is 2.70. The van der Waals surface area contributed by atoms with E-state index < -0.39 is 0 Å². The van der Waals surface area contributed by atoms with E-state index >= 15 is 0 Å². The third-order valence-electron chi connectivity index (χ3n) is 5.43. The normalized spacial score (nSPS) is 21.5. The van der Waals surface area contributed by atoms with Crippen LogP contribution in [0.5, 0.6) is 0 Å². The molecule has 0 radical (unpaired) electrons. The van der Waals surface area contributed by atoms with Crippen molar-refractivity contribution < 1.29 is 9.53 Å². The van der Waals surface area contributed by atoms with Crippen molar-refractivity contribution in [2.24, 2.45) is 5.92 Å². The first-order valence-corrected chi connectivity index (χ1v) is 9.80. The van der Waals surface area contributed by atoms with Crippen LogP contribution >= 0.6 is 0 Å². The van der Waals surface area contributed by atoms with Crippen molar-refractivity contribution in [2.75, 3.05) is 31.2 Å². The van der Waals surface area contributed by atoms with Gasteiger partial charge < -0.3 is 15.0 Å². The highest BCUT2D eigenvalue weighted by molar-refractivity contribution is 5.80. The van der Waals surface area contributed by atoms with E-state index in [2.05, 4.69) is 62.1 Å². The fourth-order valence-corrected chi connectivity index (χ4v) is 3.93. The zero-order chi connectivity index (χ0) is 19.6. The number of tetrazole rings is 1. The summed E-state index contributed by atoms with van der Waals surface area (Å²) in [6.07, 6.45) is 0. The molecule has 2 aliphatic rings. The maximum Gasteiger partial charge on any atom is 0.245 e. The average Bonchev–Trinajstić information content (AvgIpc) is 3.04. The van der Waals surface area contributed by atoms with E-state index in [0.717, 1.165) is 5.56 Å². The van der Waals surface area contributed by atoms with Crippen LogP contribution in [0.25, 0.3) is 11.1 Å². The lowest BCUT2D eigenvalue weighted by atomic mass is 10.0. The molecule has 0 saturated carbocycles. The van der Waals surface area contributed by atoms with Gasteiger partial charge in [-0.2, -0.15) is 0 Å². The van der Waals surface area contributed by atoms with E-state index in [0.29, 0.717) is 38.8 Å². The molecule has 2 aromatic carbocycles. The highest BCUT2D eigenvalue weighted by atomic mass is 16.5. The van der Waals surface area contributed by atoms with Crippen LogP contribution in [0.15, 0.2) is 54.6 Å². The molecule has 2 fully saturated rings. The molecule has 3 heterocycles. The summed E-state index contributed by atoms with van der Waals surface area (Å²) in [4.78, 5) is 14.4. The summed E-state index contributed by atoms with van der Waals surface area (Å²) in [5.74, 6) is 0.522. The molecule has 3 aromatic rings. The molecule has 8 heteroatoms. The number of benzene rings is 2. The predicted octanol–water partition coefficient (Wildman–Crippen LogP) is 1.34. The van der Waals surface area contributed by atoms with Gasteiger partial charge in [0.25, 0.3) is 0 Å². The second kappa shape index (κ2) is 7.63. The standard InChI is InChI=1S/C21H22N6O2/c28-20-18-11-26(12-19(22-20)14-29-13-18)21-23-24-25-27(21)10-15-6-8-17(9-7-15)16-4-2-1-3-5-16/h1-9,18-19H,10-14H2,(H,22,28)/t18-,19+/m1/s1. The molecule has 0 aliphatic carbocycles. The number of ether oxygens (including phenoxy) is 1. The maximum atomic E-state index is 12.3. The number of carbonyl (C=O) groups is 1. The van der Waals surface area contributed by atoms with Crippen molar-refractivity contribution in [3.63, 3.8) is 0 Å². The minimum Gasteiger partial charge on any atom is -0.378 e. The summed E-state index contributed by atoms with van der Waals surface area (Å²) in [7, 11) is 0. The van der Waals surface area contributed by atoms with Crippen molar-refractivity contribution in [3.8, 4) is 11.1 Å². The Balaban J connectivity index is 1.35.